The molecule has 1 unspecified atom stereocenters. The Bertz CT molecular complexity index is 362. The lowest BCUT2D eigenvalue weighted by Crippen LogP contribution is -2.09. The Balaban J connectivity index is 2.62. The lowest BCUT2D eigenvalue weighted by Gasteiger charge is -2.07. The Morgan fingerprint density at radius 1 is 1.31 bits per heavy atom. The van der Waals surface area contributed by atoms with E-state index in [0.29, 0.717) is 12.2 Å². The Kier molecular flexibility index (Phi) is 4.97. The van der Waals surface area contributed by atoms with Crippen LogP contribution in [0.2, 0.25) is 0 Å². The van der Waals surface area contributed by atoms with Crippen molar-refractivity contribution in [2.24, 2.45) is 5.92 Å². The van der Waals surface area contributed by atoms with Crippen LogP contribution in [-0.2, 0) is 4.79 Å². The molecule has 1 rings (SSSR count). The lowest BCUT2D eigenvalue weighted by molar-refractivity contribution is -0.121. The Labute approximate surface area is 98.2 Å². The average molecular weight is 216 g/mol. The number of benzene rings is 1. The maximum absolute atomic E-state index is 11.7. The molecule has 0 heterocycles. The normalized spacial score (nSPS) is 13.6. The largest absolute Gasteiger partial charge is 0.299 e. The molecule has 0 radical (unpaired) electrons. The van der Waals surface area contributed by atoms with Gasteiger partial charge in [0.2, 0.25) is 0 Å². The van der Waals surface area contributed by atoms with Crippen LogP contribution in [0.15, 0.2) is 35.9 Å². The van der Waals surface area contributed by atoms with Crippen molar-refractivity contribution in [3.05, 3.63) is 41.5 Å². The standard InChI is InChI=1S/C15H20O/c1-4-13(3)15(16)11-12(2)10-14-8-6-5-7-9-14/h5-10,13H,4,11H2,1-3H3/b12-10+. The third-order valence-corrected chi connectivity index (χ3v) is 2.83. The minimum absolute atomic E-state index is 0.180. The molecule has 1 heteroatoms. The number of rotatable bonds is 5. The molecule has 1 aromatic rings. The van der Waals surface area contributed by atoms with Crippen molar-refractivity contribution in [2.75, 3.05) is 0 Å². The fourth-order valence-corrected chi connectivity index (χ4v) is 1.56. The Hall–Kier alpha value is -1.37. The summed E-state index contributed by atoms with van der Waals surface area (Å²) in [5.41, 5.74) is 2.30. The zero-order valence-corrected chi connectivity index (χ0v) is 10.4. The SMILES string of the molecule is CCC(C)C(=O)C/C(C)=C/c1ccccc1. The van der Waals surface area contributed by atoms with Crippen LogP contribution in [0.1, 0.15) is 39.2 Å². The topological polar surface area (TPSA) is 17.1 Å². The highest BCUT2D eigenvalue weighted by molar-refractivity contribution is 5.83. The number of hydrogen-bond donors (Lipinski definition) is 0. The summed E-state index contributed by atoms with van der Waals surface area (Å²) in [5, 5.41) is 0. The van der Waals surface area contributed by atoms with E-state index in [1.54, 1.807) is 0 Å². The van der Waals surface area contributed by atoms with Crippen LogP contribution in [0.25, 0.3) is 6.08 Å². The zero-order valence-electron chi connectivity index (χ0n) is 10.4. The molecule has 0 aromatic heterocycles. The molecule has 0 amide bonds. The van der Waals surface area contributed by atoms with Gasteiger partial charge in [-0.05, 0) is 18.9 Å². The molecule has 0 aliphatic rings. The predicted octanol–water partition coefficient (Wildman–Crippen LogP) is 4.10. The van der Waals surface area contributed by atoms with Crippen molar-refractivity contribution >= 4 is 11.9 Å². The Morgan fingerprint density at radius 2 is 1.94 bits per heavy atom. The number of Topliss-reactive ketones (excluding diaryl/α,β-unsaturated/α-hetero) is 1. The molecule has 0 bridgehead atoms. The van der Waals surface area contributed by atoms with Gasteiger partial charge in [-0.2, -0.15) is 0 Å². The first-order valence-corrected chi connectivity index (χ1v) is 5.88. The predicted molar refractivity (Wildman–Crippen MR) is 69.2 cm³/mol. The number of hydrogen-bond acceptors (Lipinski definition) is 1. The van der Waals surface area contributed by atoms with Gasteiger partial charge in [-0.3, -0.25) is 4.79 Å². The van der Waals surface area contributed by atoms with Crippen LogP contribution in [-0.4, -0.2) is 5.78 Å². The van der Waals surface area contributed by atoms with Crippen molar-refractivity contribution in [3.63, 3.8) is 0 Å². The van der Waals surface area contributed by atoms with Crippen molar-refractivity contribution in [3.8, 4) is 0 Å². The van der Waals surface area contributed by atoms with Crippen LogP contribution in [0.3, 0.4) is 0 Å². The molecule has 16 heavy (non-hydrogen) atoms. The van der Waals surface area contributed by atoms with E-state index < -0.39 is 0 Å². The first-order chi connectivity index (χ1) is 7.63. The number of ketones is 1. The summed E-state index contributed by atoms with van der Waals surface area (Å²) in [7, 11) is 0. The second-order valence-corrected chi connectivity index (χ2v) is 4.35. The van der Waals surface area contributed by atoms with E-state index in [4.69, 9.17) is 0 Å². The number of carbonyl (C=O) groups is 1. The molecule has 0 spiro atoms. The summed E-state index contributed by atoms with van der Waals surface area (Å²) in [4.78, 5) is 11.7. The highest BCUT2D eigenvalue weighted by atomic mass is 16.1. The van der Waals surface area contributed by atoms with E-state index in [-0.39, 0.29) is 5.92 Å². The second kappa shape index (κ2) is 6.26. The van der Waals surface area contributed by atoms with Gasteiger partial charge in [0, 0.05) is 12.3 Å². The van der Waals surface area contributed by atoms with Gasteiger partial charge < -0.3 is 0 Å². The second-order valence-electron chi connectivity index (χ2n) is 4.35. The third kappa shape index (κ3) is 4.01. The summed E-state index contributed by atoms with van der Waals surface area (Å²) in [6.45, 7) is 6.07. The van der Waals surface area contributed by atoms with E-state index in [1.165, 1.54) is 0 Å². The molecule has 1 aromatic carbocycles. The molecule has 1 atom stereocenters. The molecule has 0 saturated heterocycles. The van der Waals surface area contributed by atoms with Crippen LogP contribution in [0, 0.1) is 5.92 Å². The van der Waals surface area contributed by atoms with Gasteiger partial charge in [-0.15, -0.1) is 0 Å². The summed E-state index contributed by atoms with van der Waals surface area (Å²) < 4.78 is 0. The van der Waals surface area contributed by atoms with Crippen molar-refractivity contribution < 1.29 is 4.79 Å². The third-order valence-electron chi connectivity index (χ3n) is 2.83. The minimum atomic E-state index is 0.180. The van der Waals surface area contributed by atoms with Crippen molar-refractivity contribution in [2.45, 2.75) is 33.6 Å². The molecule has 0 saturated carbocycles. The molecule has 86 valence electrons. The highest BCUT2D eigenvalue weighted by Crippen LogP contribution is 2.13. The van der Waals surface area contributed by atoms with Gasteiger partial charge in [-0.25, -0.2) is 0 Å². The first-order valence-electron chi connectivity index (χ1n) is 5.88. The van der Waals surface area contributed by atoms with Crippen molar-refractivity contribution in [1.82, 2.24) is 0 Å². The number of allylic oxidation sites excluding steroid dienone is 1. The van der Waals surface area contributed by atoms with Gasteiger partial charge in [0.1, 0.15) is 5.78 Å². The van der Waals surface area contributed by atoms with Gasteiger partial charge in [0.15, 0.2) is 0 Å². The van der Waals surface area contributed by atoms with Gasteiger partial charge in [0.05, 0.1) is 0 Å². The van der Waals surface area contributed by atoms with E-state index in [2.05, 4.69) is 25.1 Å². The lowest BCUT2D eigenvalue weighted by atomic mass is 9.97. The molecule has 0 N–H and O–H groups in total. The molecular formula is C15H20O. The zero-order chi connectivity index (χ0) is 12.0. The highest BCUT2D eigenvalue weighted by Gasteiger charge is 2.10. The van der Waals surface area contributed by atoms with Gasteiger partial charge in [0.25, 0.3) is 0 Å². The molecule has 0 fully saturated rings. The van der Waals surface area contributed by atoms with E-state index in [9.17, 15) is 4.79 Å². The molecule has 1 nitrogen and oxygen atoms in total. The van der Waals surface area contributed by atoms with Crippen LogP contribution in [0.5, 0.6) is 0 Å². The molecule has 0 aliphatic carbocycles. The van der Waals surface area contributed by atoms with E-state index in [1.807, 2.05) is 32.0 Å². The van der Waals surface area contributed by atoms with E-state index in [0.717, 1.165) is 17.6 Å². The maximum Gasteiger partial charge on any atom is 0.139 e. The van der Waals surface area contributed by atoms with Gasteiger partial charge >= 0.3 is 0 Å². The molecule has 0 aliphatic heterocycles. The summed E-state index contributed by atoms with van der Waals surface area (Å²) in [6.07, 6.45) is 3.58. The van der Waals surface area contributed by atoms with Crippen LogP contribution >= 0.6 is 0 Å². The van der Waals surface area contributed by atoms with Crippen LogP contribution in [0.4, 0.5) is 0 Å². The fraction of sp³-hybridized carbons (Fsp3) is 0.400. The van der Waals surface area contributed by atoms with E-state index >= 15 is 0 Å². The quantitative estimate of drug-likeness (QED) is 0.724. The monoisotopic (exact) mass is 216 g/mol. The minimum Gasteiger partial charge on any atom is -0.299 e. The van der Waals surface area contributed by atoms with Crippen molar-refractivity contribution in [1.29, 1.82) is 0 Å². The average Bonchev–Trinajstić information content (AvgIpc) is 2.29. The summed E-state index contributed by atoms with van der Waals surface area (Å²) in [6, 6.07) is 10.1. The summed E-state index contributed by atoms with van der Waals surface area (Å²) in [5.74, 6) is 0.520. The molecular weight excluding hydrogens is 196 g/mol. The fourth-order valence-electron chi connectivity index (χ4n) is 1.56. The number of carbonyl (C=O) groups excluding carboxylic acids is 1. The Morgan fingerprint density at radius 3 is 2.50 bits per heavy atom. The van der Waals surface area contributed by atoms with Gasteiger partial charge in [-0.1, -0.05) is 55.8 Å². The first kappa shape index (κ1) is 12.7. The summed E-state index contributed by atoms with van der Waals surface area (Å²) >= 11 is 0. The van der Waals surface area contributed by atoms with Crippen LogP contribution < -0.4 is 0 Å². The smallest absolute Gasteiger partial charge is 0.139 e. The maximum atomic E-state index is 11.7.